The van der Waals surface area contributed by atoms with E-state index in [0.29, 0.717) is 11.3 Å². The van der Waals surface area contributed by atoms with Crippen LogP contribution in [0.5, 0.6) is 5.75 Å². The van der Waals surface area contributed by atoms with Gasteiger partial charge >= 0.3 is 5.97 Å². The summed E-state index contributed by atoms with van der Waals surface area (Å²) in [7, 11) is 3.02. The van der Waals surface area contributed by atoms with Gasteiger partial charge in [0.05, 0.1) is 14.2 Å². The minimum atomic E-state index is -0.282. The molecule has 0 radical (unpaired) electrons. The van der Waals surface area contributed by atoms with Crippen LogP contribution in [0, 0.1) is 0 Å². The number of hydrogen-bond acceptors (Lipinski definition) is 4. The Morgan fingerprint density at radius 3 is 2.41 bits per heavy atom. The topological polar surface area (TPSA) is 35.5 Å². The van der Waals surface area contributed by atoms with Crippen molar-refractivity contribution in [3.63, 3.8) is 0 Å². The highest BCUT2D eigenvalue weighted by Gasteiger charge is 2.08. The number of ether oxygens (including phenoxy) is 2. The molecule has 0 atom stereocenters. The summed E-state index contributed by atoms with van der Waals surface area (Å²) in [5.41, 5.74) is 1.62. The van der Waals surface area contributed by atoms with Crippen LogP contribution in [0.2, 0.25) is 0 Å². The number of carbonyl (C=O) groups excluding carboxylic acids is 1. The zero-order chi connectivity index (χ0) is 12.7. The van der Waals surface area contributed by atoms with Crippen LogP contribution in [-0.4, -0.2) is 32.2 Å². The van der Waals surface area contributed by atoms with Gasteiger partial charge in [0.1, 0.15) is 5.75 Å². The van der Waals surface area contributed by atoms with Crippen molar-refractivity contribution in [3.8, 4) is 5.75 Å². The number of benzene rings is 1. The Morgan fingerprint density at radius 2 is 1.94 bits per heavy atom. The number of thioether (sulfide) groups is 1. The quantitative estimate of drug-likeness (QED) is 0.596. The Kier molecular flexibility index (Phi) is 5.63. The van der Waals surface area contributed by atoms with Crippen molar-refractivity contribution < 1.29 is 14.3 Å². The van der Waals surface area contributed by atoms with Crippen molar-refractivity contribution >= 4 is 23.8 Å². The van der Waals surface area contributed by atoms with Crippen molar-refractivity contribution in [2.75, 3.05) is 26.2 Å². The zero-order valence-electron chi connectivity index (χ0n) is 10.2. The summed E-state index contributed by atoms with van der Waals surface area (Å²) in [6.45, 7) is 0. The van der Waals surface area contributed by atoms with Gasteiger partial charge in [0, 0.05) is 11.3 Å². The van der Waals surface area contributed by atoms with Crippen LogP contribution in [0.4, 0.5) is 0 Å². The fourth-order valence-corrected chi connectivity index (χ4v) is 1.86. The molecule has 92 valence electrons. The molecule has 0 saturated carbocycles. The zero-order valence-corrected chi connectivity index (χ0v) is 11.0. The van der Waals surface area contributed by atoms with Gasteiger partial charge in [-0.05, 0) is 30.0 Å². The van der Waals surface area contributed by atoms with Crippen molar-refractivity contribution in [1.82, 2.24) is 0 Å². The monoisotopic (exact) mass is 252 g/mol. The minimum absolute atomic E-state index is 0.282. The summed E-state index contributed by atoms with van der Waals surface area (Å²) < 4.78 is 9.81. The van der Waals surface area contributed by atoms with Gasteiger partial charge in [-0.2, -0.15) is 11.8 Å². The molecule has 0 aliphatic rings. The second-order valence-corrected chi connectivity index (χ2v) is 4.23. The van der Waals surface area contributed by atoms with E-state index in [0.717, 1.165) is 11.3 Å². The predicted octanol–water partition coefficient (Wildman–Crippen LogP) is 2.61. The maximum absolute atomic E-state index is 11.5. The van der Waals surface area contributed by atoms with Gasteiger partial charge in [0.15, 0.2) is 0 Å². The van der Waals surface area contributed by atoms with Gasteiger partial charge in [-0.15, -0.1) is 0 Å². The lowest BCUT2D eigenvalue weighted by atomic mass is 10.1. The molecule has 1 rings (SSSR count). The molecule has 0 amide bonds. The molecule has 0 N–H and O–H groups in total. The largest absolute Gasteiger partial charge is 0.497 e. The fourth-order valence-electron chi connectivity index (χ4n) is 1.35. The normalized spacial score (nSPS) is 11.1. The highest BCUT2D eigenvalue weighted by atomic mass is 32.2. The lowest BCUT2D eigenvalue weighted by Crippen LogP contribution is -2.06. The van der Waals surface area contributed by atoms with Crippen molar-refractivity contribution in [3.05, 3.63) is 35.4 Å². The first kappa shape index (κ1) is 13.6. The number of methoxy groups -OCH3 is 2. The van der Waals surface area contributed by atoms with Crippen LogP contribution in [-0.2, 0) is 9.53 Å². The lowest BCUT2D eigenvalue weighted by molar-refractivity contribution is -0.135. The SMILES string of the molecule is COC(=O)/C(=C/c1ccc(OC)cc1)CSC. The van der Waals surface area contributed by atoms with Gasteiger partial charge in [-0.3, -0.25) is 0 Å². The Morgan fingerprint density at radius 1 is 1.29 bits per heavy atom. The first-order chi connectivity index (χ1) is 8.21. The highest BCUT2D eigenvalue weighted by molar-refractivity contribution is 7.98. The van der Waals surface area contributed by atoms with Crippen LogP contribution in [0.15, 0.2) is 29.8 Å². The first-order valence-electron chi connectivity index (χ1n) is 5.13. The van der Waals surface area contributed by atoms with Crippen LogP contribution >= 0.6 is 11.8 Å². The van der Waals surface area contributed by atoms with Gasteiger partial charge in [0.25, 0.3) is 0 Å². The van der Waals surface area contributed by atoms with E-state index in [1.165, 1.54) is 7.11 Å². The number of rotatable bonds is 5. The van der Waals surface area contributed by atoms with E-state index in [1.54, 1.807) is 18.9 Å². The standard InChI is InChI=1S/C13H16O3S/c1-15-12-6-4-10(5-7-12)8-11(9-17-3)13(14)16-2/h4-8H,9H2,1-3H3/b11-8+. The number of hydrogen-bond donors (Lipinski definition) is 0. The summed E-state index contributed by atoms with van der Waals surface area (Å²) in [5.74, 6) is 1.15. The third kappa shape index (κ3) is 4.15. The van der Waals surface area contributed by atoms with Crippen LogP contribution < -0.4 is 4.74 Å². The molecule has 0 aromatic heterocycles. The molecule has 0 aliphatic heterocycles. The van der Waals surface area contributed by atoms with Crippen molar-refractivity contribution in [2.45, 2.75) is 0 Å². The summed E-state index contributed by atoms with van der Waals surface area (Å²) in [6, 6.07) is 7.53. The van der Waals surface area contributed by atoms with Crippen LogP contribution in [0.3, 0.4) is 0 Å². The van der Waals surface area contributed by atoms with Crippen LogP contribution in [0.25, 0.3) is 6.08 Å². The van der Waals surface area contributed by atoms with E-state index < -0.39 is 0 Å². The molecule has 1 aromatic rings. The fraction of sp³-hybridized carbons (Fsp3) is 0.308. The Hall–Kier alpha value is -1.42. The summed E-state index contributed by atoms with van der Waals surface area (Å²) in [6.07, 6.45) is 3.78. The Labute approximate surface area is 106 Å². The van der Waals surface area contributed by atoms with E-state index >= 15 is 0 Å². The molecule has 3 nitrogen and oxygen atoms in total. The van der Waals surface area contributed by atoms with Crippen LogP contribution in [0.1, 0.15) is 5.56 Å². The maximum Gasteiger partial charge on any atom is 0.334 e. The summed E-state index contributed by atoms with van der Waals surface area (Å²) in [5, 5.41) is 0. The molecule has 1 aromatic carbocycles. The Bertz CT molecular complexity index is 396. The second kappa shape index (κ2) is 7.01. The molecule has 0 saturated heterocycles. The predicted molar refractivity (Wildman–Crippen MR) is 71.4 cm³/mol. The average molecular weight is 252 g/mol. The van der Waals surface area contributed by atoms with Gasteiger partial charge in [-0.1, -0.05) is 12.1 Å². The molecule has 0 heterocycles. The van der Waals surface area contributed by atoms with Crippen molar-refractivity contribution in [2.24, 2.45) is 0 Å². The van der Waals surface area contributed by atoms with Gasteiger partial charge in [-0.25, -0.2) is 4.79 Å². The third-order valence-electron chi connectivity index (χ3n) is 2.20. The molecule has 0 fully saturated rings. The smallest absolute Gasteiger partial charge is 0.334 e. The molecule has 17 heavy (non-hydrogen) atoms. The minimum Gasteiger partial charge on any atom is -0.497 e. The molecule has 0 unspecified atom stereocenters. The summed E-state index contributed by atoms with van der Waals surface area (Å²) in [4.78, 5) is 11.5. The molecule has 0 bridgehead atoms. The van der Waals surface area contributed by atoms with Gasteiger partial charge < -0.3 is 9.47 Å². The Balaban J connectivity index is 2.91. The second-order valence-electron chi connectivity index (χ2n) is 3.37. The number of carbonyl (C=O) groups is 1. The average Bonchev–Trinajstić information content (AvgIpc) is 2.38. The van der Waals surface area contributed by atoms with E-state index in [4.69, 9.17) is 9.47 Å². The van der Waals surface area contributed by atoms with Gasteiger partial charge in [0.2, 0.25) is 0 Å². The van der Waals surface area contributed by atoms with E-state index in [9.17, 15) is 4.79 Å². The lowest BCUT2D eigenvalue weighted by Gasteiger charge is -2.04. The van der Waals surface area contributed by atoms with E-state index in [2.05, 4.69) is 0 Å². The molecular formula is C13H16O3S. The molecule has 4 heteroatoms. The van der Waals surface area contributed by atoms with E-state index in [-0.39, 0.29) is 5.97 Å². The first-order valence-corrected chi connectivity index (χ1v) is 6.52. The van der Waals surface area contributed by atoms with Crippen molar-refractivity contribution in [1.29, 1.82) is 0 Å². The molecular weight excluding hydrogens is 236 g/mol. The summed E-state index contributed by atoms with van der Waals surface area (Å²) >= 11 is 1.59. The number of esters is 1. The third-order valence-corrected chi connectivity index (χ3v) is 2.80. The highest BCUT2D eigenvalue weighted by Crippen LogP contribution is 2.16. The van der Waals surface area contributed by atoms with E-state index in [1.807, 2.05) is 36.6 Å². The molecule has 0 aliphatic carbocycles. The molecule has 0 spiro atoms. The maximum atomic E-state index is 11.5.